The minimum Gasteiger partial charge on any atom is -0.347 e. The van der Waals surface area contributed by atoms with Crippen LogP contribution in [0.15, 0.2) is 29.3 Å². The number of nitrogens with zero attached hydrogens (tertiary/aromatic N) is 2. The molecule has 1 aromatic rings. The van der Waals surface area contributed by atoms with E-state index in [1.54, 1.807) is 23.9 Å². The lowest BCUT2D eigenvalue weighted by Crippen LogP contribution is -2.38. The van der Waals surface area contributed by atoms with Crippen LogP contribution in [0.25, 0.3) is 0 Å². The van der Waals surface area contributed by atoms with Gasteiger partial charge in [-0.3, -0.25) is 9.79 Å². The summed E-state index contributed by atoms with van der Waals surface area (Å²) >= 11 is 1.80. The summed E-state index contributed by atoms with van der Waals surface area (Å²) in [6.45, 7) is 3.15. The minimum atomic E-state index is -0.297. The first kappa shape index (κ1) is 20.2. The summed E-state index contributed by atoms with van der Waals surface area (Å²) in [6, 6.07) is 6.57. The second kappa shape index (κ2) is 10.1. The van der Waals surface area contributed by atoms with Crippen molar-refractivity contribution in [1.82, 2.24) is 4.90 Å². The van der Waals surface area contributed by atoms with Crippen LogP contribution in [-0.4, -0.2) is 40.4 Å². The molecule has 2 aliphatic rings. The average molecular weight is 392 g/mol. The van der Waals surface area contributed by atoms with Gasteiger partial charge in [-0.15, -0.1) is 0 Å². The Hall–Kier alpha value is -1.56. The summed E-state index contributed by atoms with van der Waals surface area (Å²) in [5.41, 5.74) is 0.642. The number of hydrogen-bond donors (Lipinski definition) is 1. The van der Waals surface area contributed by atoms with E-state index in [9.17, 15) is 9.18 Å². The number of rotatable bonds is 7. The Labute approximate surface area is 166 Å². The molecule has 148 valence electrons. The number of nitrogens with one attached hydrogen (secondary N) is 1. The second-order valence-electron chi connectivity index (χ2n) is 7.47. The molecule has 1 saturated carbocycles. The largest absolute Gasteiger partial charge is 0.347 e. The first-order chi connectivity index (χ1) is 13.2. The van der Waals surface area contributed by atoms with Gasteiger partial charge in [0.2, 0.25) is 5.91 Å². The van der Waals surface area contributed by atoms with Gasteiger partial charge >= 0.3 is 0 Å². The number of thioether (sulfide) groups is 1. The zero-order chi connectivity index (χ0) is 19.1. The fourth-order valence-corrected chi connectivity index (χ4v) is 4.98. The van der Waals surface area contributed by atoms with Crippen LogP contribution in [0, 0.1) is 5.82 Å². The van der Waals surface area contributed by atoms with E-state index in [2.05, 4.69) is 17.1 Å². The molecule has 27 heavy (non-hydrogen) atoms. The van der Waals surface area contributed by atoms with Crippen molar-refractivity contribution >= 4 is 28.5 Å². The second-order valence-corrected chi connectivity index (χ2v) is 8.46. The van der Waals surface area contributed by atoms with Gasteiger partial charge in [0, 0.05) is 30.4 Å². The highest BCUT2D eigenvalue weighted by Gasteiger charge is 2.32. The maximum Gasteiger partial charge on any atom is 0.226 e. The summed E-state index contributed by atoms with van der Waals surface area (Å²) < 4.78 is 13.0. The molecule has 1 aliphatic heterocycles. The van der Waals surface area contributed by atoms with E-state index >= 15 is 0 Å². The molecule has 0 radical (unpaired) electrons. The maximum atomic E-state index is 13.0. The lowest BCUT2D eigenvalue weighted by molar-refractivity contribution is -0.116. The lowest BCUT2D eigenvalue weighted by atomic mass is 9.96. The number of aliphatic imine (C=N–C) groups is 1. The van der Waals surface area contributed by atoms with Gasteiger partial charge in [0.1, 0.15) is 5.82 Å². The highest BCUT2D eigenvalue weighted by atomic mass is 32.2. The summed E-state index contributed by atoms with van der Waals surface area (Å²) in [6.07, 6.45) is 8.97. The number of hydrogen-bond acceptors (Lipinski definition) is 3. The van der Waals surface area contributed by atoms with E-state index in [1.165, 1.54) is 44.2 Å². The quantitative estimate of drug-likeness (QED) is 0.706. The summed E-state index contributed by atoms with van der Waals surface area (Å²) in [5, 5.41) is 4.02. The van der Waals surface area contributed by atoms with Crippen molar-refractivity contribution < 1.29 is 9.18 Å². The van der Waals surface area contributed by atoms with E-state index in [0.29, 0.717) is 18.2 Å². The molecule has 4 nitrogen and oxygen atoms in total. The Morgan fingerprint density at radius 2 is 2.00 bits per heavy atom. The van der Waals surface area contributed by atoms with Crippen LogP contribution in [0.4, 0.5) is 10.1 Å². The molecule has 3 rings (SSSR count). The smallest absolute Gasteiger partial charge is 0.226 e. The van der Waals surface area contributed by atoms with Gasteiger partial charge in [0.25, 0.3) is 0 Å². The predicted molar refractivity (Wildman–Crippen MR) is 112 cm³/mol. The van der Waals surface area contributed by atoms with Crippen LogP contribution >= 0.6 is 11.8 Å². The number of carbonyl (C=O) groups is 1. The van der Waals surface area contributed by atoms with Gasteiger partial charge in [-0.1, -0.05) is 44.4 Å². The van der Waals surface area contributed by atoms with E-state index < -0.39 is 0 Å². The molecule has 1 N–H and O–H groups in total. The minimum absolute atomic E-state index is 0.0207. The average Bonchev–Trinajstić information content (AvgIpc) is 3.03. The fraction of sp³-hybridized carbons (Fsp3) is 0.619. The fourth-order valence-electron chi connectivity index (χ4n) is 3.71. The molecule has 2 fully saturated rings. The lowest BCUT2D eigenvalue weighted by Gasteiger charge is -2.27. The number of carbonyl (C=O) groups excluding carboxylic acids is 1. The van der Waals surface area contributed by atoms with Crippen LogP contribution in [-0.2, 0) is 4.79 Å². The SMILES string of the molecule is CCCCN1C(=NC2CCCCC2)SCC1CC(=O)Nc1ccc(F)cc1. The van der Waals surface area contributed by atoms with Crippen LogP contribution in [0.3, 0.4) is 0 Å². The van der Waals surface area contributed by atoms with Crippen molar-refractivity contribution in [2.45, 2.75) is 70.4 Å². The highest BCUT2D eigenvalue weighted by Crippen LogP contribution is 2.30. The normalized spacial score (nSPS) is 22.4. The van der Waals surface area contributed by atoms with Crippen molar-refractivity contribution in [2.75, 3.05) is 17.6 Å². The van der Waals surface area contributed by atoms with Crippen molar-refractivity contribution in [3.63, 3.8) is 0 Å². The topological polar surface area (TPSA) is 44.7 Å². The van der Waals surface area contributed by atoms with Crippen LogP contribution in [0.5, 0.6) is 0 Å². The van der Waals surface area contributed by atoms with Crippen molar-refractivity contribution in [3.05, 3.63) is 30.1 Å². The Kier molecular flexibility index (Phi) is 7.56. The Morgan fingerprint density at radius 3 is 2.70 bits per heavy atom. The molecule has 0 bridgehead atoms. The zero-order valence-electron chi connectivity index (χ0n) is 16.1. The van der Waals surface area contributed by atoms with Gasteiger partial charge in [-0.2, -0.15) is 0 Å². The monoisotopic (exact) mass is 391 g/mol. The molecule has 1 aliphatic carbocycles. The summed E-state index contributed by atoms with van der Waals surface area (Å²) in [4.78, 5) is 19.9. The Balaban J connectivity index is 1.61. The van der Waals surface area contributed by atoms with Gasteiger partial charge in [-0.25, -0.2) is 4.39 Å². The highest BCUT2D eigenvalue weighted by molar-refractivity contribution is 8.14. The third kappa shape index (κ3) is 5.96. The van der Waals surface area contributed by atoms with Crippen molar-refractivity contribution in [2.24, 2.45) is 4.99 Å². The summed E-state index contributed by atoms with van der Waals surface area (Å²) in [7, 11) is 0. The first-order valence-electron chi connectivity index (χ1n) is 10.2. The number of anilines is 1. The Morgan fingerprint density at radius 1 is 1.26 bits per heavy atom. The molecule has 6 heteroatoms. The van der Waals surface area contributed by atoms with E-state index in [0.717, 1.165) is 30.3 Å². The predicted octanol–water partition coefficient (Wildman–Crippen LogP) is 5.06. The molecular weight excluding hydrogens is 361 g/mol. The van der Waals surface area contributed by atoms with E-state index in [4.69, 9.17) is 4.99 Å². The van der Waals surface area contributed by atoms with Crippen LogP contribution in [0.1, 0.15) is 58.3 Å². The number of benzene rings is 1. The van der Waals surface area contributed by atoms with Crippen molar-refractivity contribution in [3.8, 4) is 0 Å². The number of amides is 1. The molecule has 0 spiro atoms. The van der Waals surface area contributed by atoms with Gasteiger partial charge < -0.3 is 10.2 Å². The molecule has 1 amide bonds. The molecule has 1 unspecified atom stereocenters. The molecular formula is C21H30FN3OS. The molecule has 0 aromatic heterocycles. The third-order valence-corrected chi connectivity index (χ3v) is 6.41. The summed E-state index contributed by atoms with van der Waals surface area (Å²) in [5.74, 6) is 0.591. The molecule has 1 atom stereocenters. The van der Waals surface area contributed by atoms with Crippen LogP contribution in [0.2, 0.25) is 0 Å². The van der Waals surface area contributed by atoms with E-state index in [1.807, 2.05) is 0 Å². The third-order valence-electron chi connectivity index (χ3n) is 5.26. The van der Waals surface area contributed by atoms with Crippen LogP contribution < -0.4 is 5.32 Å². The standard InChI is InChI=1S/C21H30FN3OS/c1-2-3-13-25-19(14-20(26)23-18-11-9-16(22)10-12-18)15-27-21(25)24-17-7-5-4-6-8-17/h9-12,17,19H,2-8,13-15H2,1H3,(H,23,26). The first-order valence-corrected chi connectivity index (χ1v) is 11.2. The molecule has 1 heterocycles. The number of amidine groups is 1. The maximum absolute atomic E-state index is 13.0. The van der Waals surface area contributed by atoms with E-state index in [-0.39, 0.29) is 17.8 Å². The number of halogens is 1. The van der Waals surface area contributed by atoms with Gasteiger partial charge in [-0.05, 0) is 43.5 Å². The molecule has 1 aromatic carbocycles. The van der Waals surface area contributed by atoms with Gasteiger partial charge in [0.15, 0.2) is 5.17 Å². The zero-order valence-corrected chi connectivity index (χ0v) is 16.9. The van der Waals surface area contributed by atoms with Gasteiger partial charge in [0.05, 0.1) is 6.04 Å². The Bertz CT molecular complexity index is 643. The number of unbranched alkanes of at least 4 members (excludes halogenated alkanes) is 1. The molecule has 1 saturated heterocycles. The van der Waals surface area contributed by atoms with Crippen molar-refractivity contribution in [1.29, 1.82) is 0 Å².